The molecule has 1 aromatic carbocycles. The monoisotopic (exact) mass is 529 g/mol. The van der Waals surface area contributed by atoms with E-state index in [0.717, 1.165) is 37.3 Å². The second kappa shape index (κ2) is 27.1. The second-order valence-corrected chi connectivity index (χ2v) is 11.4. The summed E-state index contributed by atoms with van der Waals surface area (Å²) < 4.78 is 5.82. The number of rotatable bonds is 28. The number of unbranched alkanes of at least 4 members (excludes halogenated alkanes) is 22. The summed E-state index contributed by atoms with van der Waals surface area (Å²) in [6.07, 6.45) is 34.4. The highest BCUT2D eigenvalue weighted by Gasteiger charge is 2.02. The van der Waals surface area contributed by atoms with Gasteiger partial charge in [-0.3, -0.25) is 4.99 Å². The molecule has 0 unspecified atom stereocenters. The molecule has 0 atom stereocenters. The van der Waals surface area contributed by atoms with Crippen LogP contribution in [0, 0.1) is 0 Å². The lowest BCUT2D eigenvalue weighted by molar-refractivity contribution is 0.302. The molecule has 3 heteroatoms. The Labute approximate surface area is 237 Å². The number of ether oxygens (including phenoxy) is 1. The molecule has 38 heavy (non-hydrogen) atoms. The van der Waals surface area contributed by atoms with Crippen molar-refractivity contribution in [2.75, 3.05) is 13.2 Å². The van der Waals surface area contributed by atoms with Crippen molar-refractivity contribution in [3.05, 3.63) is 23.8 Å². The lowest BCUT2D eigenvalue weighted by Gasteiger charge is -2.08. The van der Waals surface area contributed by atoms with Crippen molar-refractivity contribution in [1.82, 2.24) is 0 Å². The van der Waals surface area contributed by atoms with E-state index in [1.165, 1.54) is 141 Å². The van der Waals surface area contributed by atoms with Gasteiger partial charge in [-0.2, -0.15) is 0 Å². The molecule has 1 rings (SSSR count). The molecule has 3 nitrogen and oxygen atoms in total. The van der Waals surface area contributed by atoms with E-state index >= 15 is 0 Å². The van der Waals surface area contributed by atoms with Crippen LogP contribution in [0.15, 0.2) is 23.2 Å². The maximum absolute atomic E-state index is 10.3. The lowest BCUT2D eigenvalue weighted by atomic mass is 10.0. The number of phenols is 1. The third kappa shape index (κ3) is 21.4. The Kier molecular flexibility index (Phi) is 24.6. The van der Waals surface area contributed by atoms with Gasteiger partial charge >= 0.3 is 0 Å². The van der Waals surface area contributed by atoms with Crippen LogP contribution in [0.1, 0.15) is 174 Å². The Bertz CT molecular complexity index is 657. The molecule has 0 amide bonds. The Morgan fingerprint density at radius 3 is 1.45 bits per heavy atom. The molecule has 1 N–H and O–H groups in total. The van der Waals surface area contributed by atoms with Gasteiger partial charge in [0.1, 0.15) is 11.5 Å². The Morgan fingerprint density at radius 1 is 0.579 bits per heavy atom. The maximum atomic E-state index is 10.3. The largest absolute Gasteiger partial charge is 0.507 e. The summed E-state index contributed by atoms with van der Waals surface area (Å²) in [5.41, 5.74) is 0.779. The number of nitrogens with zero attached hydrogens (tertiary/aromatic N) is 1. The molecule has 0 aliphatic rings. The van der Waals surface area contributed by atoms with Gasteiger partial charge in [0, 0.05) is 24.4 Å². The van der Waals surface area contributed by atoms with Gasteiger partial charge in [-0.25, -0.2) is 0 Å². The molecule has 0 heterocycles. The molecule has 0 saturated heterocycles. The standard InChI is InChI=1S/C35H63NO2/c1-3-5-7-9-11-13-14-15-16-17-18-19-20-21-23-25-29-36-32-33-27-28-34(31-35(33)37)38-30-26-24-22-12-10-8-6-4-2/h27-28,31-32,37H,3-26,29-30H2,1-2H3. The first-order valence-electron chi connectivity index (χ1n) is 16.7. The zero-order chi connectivity index (χ0) is 27.4. The average Bonchev–Trinajstić information content (AvgIpc) is 2.92. The summed E-state index contributed by atoms with van der Waals surface area (Å²) in [4.78, 5) is 4.53. The Balaban J connectivity index is 1.94. The van der Waals surface area contributed by atoms with Gasteiger partial charge in [-0.15, -0.1) is 0 Å². The van der Waals surface area contributed by atoms with E-state index in [2.05, 4.69) is 18.8 Å². The first-order chi connectivity index (χ1) is 18.8. The van der Waals surface area contributed by atoms with Crippen molar-refractivity contribution in [2.24, 2.45) is 4.99 Å². The lowest BCUT2D eigenvalue weighted by Crippen LogP contribution is -1.97. The van der Waals surface area contributed by atoms with E-state index in [1.54, 1.807) is 6.07 Å². The van der Waals surface area contributed by atoms with Crippen LogP contribution in [-0.4, -0.2) is 24.5 Å². The van der Waals surface area contributed by atoms with Gasteiger partial charge in [0.15, 0.2) is 0 Å². The molecule has 0 saturated carbocycles. The summed E-state index contributed by atoms with van der Waals surface area (Å²) in [5.74, 6) is 1.01. The molecule has 0 aliphatic carbocycles. The van der Waals surface area contributed by atoms with Crippen molar-refractivity contribution >= 4 is 6.21 Å². The fraction of sp³-hybridized carbons (Fsp3) is 0.800. The molecule has 0 aliphatic heterocycles. The van der Waals surface area contributed by atoms with Crippen LogP contribution >= 0.6 is 0 Å². The zero-order valence-electron chi connectivity index (χ0n) is 25.5. The van der Waals surface area contributed by atoms with E-state index in [1.807, 2.05) is 18.3 Å². The van der Waals surface area contributed by atoms with Crippen molar-refractivity contribution in [3.8, 4) is 11.5 Å². The molecule has 1 aromatic rings. The minimum atomic E-state index is 0.258. The smallest absolute Gasteiger partial charge is 0.128 e. The molecular formula is C35H63NO2. The summed E-state index contributed by atoms with van der Waals surface area (Å²) in [6.45, 7) is 6.12. The molecule has 0 radical (unpaired) electrons. The van der Waals surface area contributed by atoms with Gasteiger partial charge in [0.2, 0.25) is 0 Å². The van der Waals surface area contributed by atoms with Gasteiger partial charge in [-0.05, 0) is 25.0 Å². The molecule has 0 bridgehead atoms. The van der Waals surface area contributed by atoms with Gasteiger partial charge < -0.3 is 9.84 Å². The molecule has 220 valence electrons. The van der Waals surface area contributed by atoms with Crippen molar-refractivity contribution < 1.29 is 9.84 Å². The number of hydrogen-bond donors (Lipinski definition) is 1. The van der Waals surface area contributed by atoms with Crippen molar-refractivity contribution in [3.63, 3.8) is 0 Å². The molecule has 0 aromatic heterocycles. The number of aliphatic imine (C=N–C) groups is 1. The fourth-order valence-electron chi connectivity index (χ4n) is 5.06. The maximum Gasteiger partial charge on any atom is 0.128 e. The summed E-state index contributed by atoms with van der Waals surface area (Å²) in [7, 11) is 0. The molecule has 0 fully saturated rings. The average molecular weight is 530 g/mol. The first kappa shape index (κ1) is 34.5. The summed E-state index contributed by atoms with van der Waals surface area (Å²) >= 11 is 0. The first-order valence-corrected chi connectivity index (χ1v) is 16.7. The fourth-order valence-corrected chi connectivity index (χ4v) is 5.06. The van der Waals surface area contributed by atoms with Crippen LogP contribution in [0.5, 0.6) is 11.5 Å². The SMILES string of the molecule is CCCCCCCCCCCCCCCCCCN=Cc1ccc(OCCCCCCCCCC)cc1O. The van der Waals surface area contributed by atoms with Crippen molar-refractivity contribution in [1.29, 1.82) is 0 Å². The quantitative estimate of drug-likeness (QED) is 0.0866. The van der Waals surface area contributed by atoms with Crippen molar-refractivity contribution in [2.45, 2.75) is 168 Å². The van der Waals surface area contributed by atoms with E-state index in [-0.39, 0.29) is 5.75 Å². The highest BCUT2D eigenvalue weighted by Crippen LogP contribution is 2.23. The molecule has 0 spiro atoms. The predicted molar refractivity (Wildman–Crippen MR) is 168 cm³/mol. The number of hydrogen-bond acceptors (Lipinski definition) is 3. The highest BCUT2D eigenvalue weighted by atomic mass is 16.5. The second-order valence-electron chi connectivity index (χ2n) is 11.4. The summed E-state index contributed by atoms with van der Waals surface area (Å²) in [5, 5.41) is 10.3. The predicted octanol–water partition coefficient (Wildman–Crippen LogP) is 11.6. The van der Waals surface area contributed by atoms with Crippen LogP contribution in [-0.2, 0) is 0 Å². The topological polar surface area (TPSA) is 41.8 Å². The number of phenolic OH excluding ortho intramolecular Hbond substituents is 1. The minimum absolute atomic E-state index is 0.258. The van der Waals surface area contributed by atoms with Crippen LogP contribution < -0.4 is 4.74 Å². The molecular weight excluding hydrogens is 466 g/mol. The van der Waals surface area contributed by atoms with Gasteiger partial charge in [0.25, 0.3) is 0 Å². The van der Waals surface area contributed by atoms with E-state index in [0.29, 0.717) is 0 Å². The minimum Gasteiger partial charge on any atom is -0.507 e. The van der Waals surface area contributed by atoms with Gasteiger partial charge in [-0.1, -0.05) is 155 Å². The third-order valence-corrected chi connectivity index (χ3v) is 7.64. The van der Waals surface area contributed by atoms with E-state index < -0.39 is 0 Å². The van der Waals surface area contributed by atoms with Gasteiger partial charge in [0.05, 0.1) is 6.61 Å². The highest BCUT2D eigenvalue weighted by molar-refractivity contribution is 5.83. The van der Waals surface area contributed by atoms with E-state index in [9.17, 15) is 5.11 Å². The zero-order valence-corrected chi connectivity index (χ0v) is 25.5. The van der Waals surface area contributed by atoms with Crippen LogP contribution in [0.4, 0.5) is 0 Å². The number of aromatic hydroxyl groups is 1. The third-order valence-electron chi connectivity index (χ3n) is 7.64. The summed E-state index contributed by atoms with van der Waals surface area (Å²) in [6, 6.07) is 5.58. The Morgan fingerprint density at radius 2 is 1.00 bits per heavy atom. The Hall–Kier alpha value is -1.51. The normalized spacial score (nSPS) is 11.5. The van der Waals surface area contributed by atoms with Crippen LogP contribution in [0.2, 0.25) is 0 Å². The van der Waals surface area contributed by atoms with Crippen LogP contribution in [0.25, 0.3) is 0 Å². The number of benzene rings is 1. The van der Waals surface area contributed by atoms with E-state index in [4.69, 9.17) is 4.74 Å². The van der Waals surface area contributed by atoms with Crippen LogP contribution in [0.3, 0.4) is 0 Å².